The maximum atomic E-state index is 14.9. The highest BCUT2D eigenvalue weighted by Crippen LogP contribution is 2.51. The molecule has 2 aliphatic heterocycles. The molecule has 7 aromatic rings. The lowest BCUT2D eigenvalue weighted by Crippen LogP contribution is -2.40. The first-order chi connectivity index (χ1) is 43.0. The lowest BCUT2D eigenvalue weighted by atomic mass is 9.82. The lowest BCUT2D eigenvalue weighted by molar-refractivity contribution is 0.0877. The molecule has 0 aliphatic carbocycles. The van der Waals surface area contributed by atoms with Gasteiger partial charge in [-0.05, 0) is 97.1 Å². The number of anilines is 2. The second kappa shape index (κ2) is 34.2. The summed E-state index contributed by atoms with van der Waals surface area (Å²) < 4.78 is 14.0. The number of rotatable bonds is 42. The zero-order valence-electron chi connectivity index (χ0n) is 53.9. The van der Waals surface area contributed by atoms with Gasteiger partial charge in [0.25, 0.3) is 23.6 Å². The first-order valence-electron chi connectivity index (χ1n) is 34.9. The van der Waals surface area contributed by atoms with Gasteiger partial charge in [-0.2, -0.15) is 0 Å². The van der Waals surface area contributed by atoms with Crippen LogP contribution in [-0.2, 0) is 0 Å². The van der Waals surface area contributed by atoms with Crippen LogP contribution in [0.25, 0.3) is 43.1 Å². The molecule has 0 unspecified atom stereocenters. The van der Waals surface area contributed by atoms with Gasteiger partial charge in [-0.25, -0.2) is 9.80 Å². The van der Waals surface area contributed by atoms with Crippen LogP contribution in [0.1, 0.15) is 298 Å². The number of unbranched alkanes of at least 4 members (excludes halogenated alkanes) is 34. The number of carbonyl (C=O) groups is 4. The first kappa shape index (κ1) is 67.1. The van der Waals surface area contributed by atoms with E-state index in [0.717, 1.165) is 69.1 Å². The summed E-state index contributed by atoms with van der Waals surface area (Å²) in [4.78, 5) is 62.0. The van der Waals surface area contributed by atoms with Crippen LogP contribution in [0.2, 0.25) is 0 Å². The molecule has 0 N–H and O–H groups in total. The molecule has 2 heterocycles. The Morgan fingerprint density at radius 3 is 0.875 bits per heavy atom. The number of ether oxygens (including phenoxy) is 2. The Kier molecular flexibility index (Phi) is 26.1. The van der Waals surface area contributed by atoms with Crippen LogP contribution < -0.4 is 19.3 Å². The van der Waals surface area contributed by atoms with Crippen LogP contribution in [0.5, 0.6) is 11.5 Å². The third-order valence-corrected chi connectivity index (χ3v) is 20.1. The van der Waals surface area contributed by atoms with Gasteiger partial charge in [-0.15, -0.1) is 0 Å². The zero-order valence-corrected chi connectivity index (χ0v) is 57.1. The van der Waals surface area contributed by atoms with E-state index in [2.05, 4.69) is 45.7 Å². The molecule has 8 nitrogen and oxygen atoms in total. The van der Waals surface area contributed by atoms with Gasteiger partial charge < -0.3 is 9.47 Å². The quantitative estimate of drug-likeness (QED) is 0.0164. The summed E-state index contributed by atoms with van der Waals surface area (Å²) in [7, 11) is 0. The van der Waals surface area contributed by atoms with E-state index >= 15 is 0 Å². The Hall–Kier alpha value is -5.32. The van der Waals surface area contributed by atoms with E-state index in [4.69, 9.17) is 9.47 Å². The van der Waals surface area contributed by atoms with Gasteiger partial charge in [-0.1, -0.05) is 276 Å². The van der Waals surface area contributed by atoms with Gasteiger partial charge in [0.15, 0.2) is 0 Å². The van der Waals surface area contributed by atoms with Crippen molar-refractivity contribution in [2.45, 2.75) is 259 Å². The van der Waals surface area contributed by atoms with Crippen molar-refractivity contribution < 1.29 is 28.7 Å². The average molecular weight is 1320 g/mol. The summed E-state index contributed by atoms with van der Waals surface area (Å²) in [6.45, 7) is 9.63. The van der Waals surface area contributed by atoms with E-state index < -0.39 is 23.6 Å². The Morgan fingerprint density at radius 1 is 0.307 bits per heavy atom. The van der Waals surface area contributed by atoms with Crippen molar-refractivity contribution in [2.24, 2.45) is 0 Å². The predicted molar refractivity (Wildman–Crippen MR) is 376 cm³/mol. The van der Waals surface area contributed by atoms with E-state index in [0.29, 0.717) is 78.1 Å². The molecule has 7 aromatic carbocycles. The largest absolute Gasteiger partial charge is 0.494 e. The standard InChI is InChI=1S/C78H100Br2N2O6/c1-5-7-9-11-13-15-17-19-21-23-25-27-29-31-33-35-37-39-45-87-59-49-55(3)47-57(51-59)81-75(83)63-43-41-61-72-68(80)54-66-70-64(44-42-62(74(70)72)71-67(79)53-65(77(81)85)69(63)73(61)71)76(84)82(78(66)86)58-48-56(4)50-60(52-58)88-46-40-38-36-34-32-30-28-26-24-22-20-18-16-14-12-10-8-6-2/h41-44,47-54H,5-40,45-46H2,1-4H3. The van der Waals surface area contributed by atoms with Crippen molar-refractivity contribution in [3.63, 3.8) is 0 Å². The van der Waals surface area contributed by atoms with Crippen LogP contribution >= 0.6 is 31.9 Å². The Morgan fingerprint density at radius 2 is 0.580 bits per heavy atom. The van der Waals surface area contributed by atoms with Crippen LogP contribution in [-0.4, -0.2) is 36.8 Å². The Bertz CT molecular complexity index is 3250. The molecule has 0 spiro atoms. The van der Waals surface area contributed by atoms with Gasteiger partial charge in [0.1, 0.15) is 11.5 Å². The topological polar surface area (TPSA) is 93.2 Å². The van der Waals surface area contributed by atoms with E-state index in [1.807, 2.05) is 86.6 Å². The van der Waals surface area contributed by atoms with E-state index in [9.17, 15) is 19.2 Å². The third-order valence-electron chi connectivity index (χ3n) is 18.9. The van der Waals surface area contributed by atoms with Gasteiger partial charge in [0.05, 0.1) is 35.7 Å². The van der Waals surface area contributed by atoms with Crippen LogP contribution in [0.3, 0.4) is 0 Å². The summed E-state index contributed by atoms with van der Waals surface area (Å²) in [5, 5.41) is 5.92. The molecule has 0 atom stereocenters. The maximum Gasteiger partial charge on any atom is 0.266 e. The van der Waals surface area contributed by atoms with Gasteiger partial charge in [0, 0.05) is 64.5 Å². The molecular weight excluding hydrogens is 1220 g/mol. The van der Waals surface area contributed by atoms with Crippen LogP contribution in [0, 0.1) is 13.8 Å². The fourth-order valence-electron chi connectivity index (χ4n) is 14.1. The van der Waals surface area contributed by atoms with E-state index in [1.54, 1.807) is 0 Å². The molecule has 0 fully saturated rings. The van der Waals surface area contributed by atoms with Crippen molar-refractivity contribution in [1.82, 2.24) is 0 Å². The van der Waals surface area contributed by atoms with E-state index in [1.165, 1.54) is 215 Å². The van der Waals surface area contributed by atoms with Crippen LogP contribution in [0.4, 0.5) is 11.4 Å². The number of nitrogens with zero attached hydrogens (tertiary/aromatic N) is 2. The Labute approximate surface area is 543 Å². The molecule has 0 radical (unpaired) electrons. The molecule has 0 aromatic heterocycles. The molecule has 472 valence electrons. The average Bonchev–Trinajstić information content (AvgIpc) is 0.693. The van der Waals surface area contributed by atoms with Crippen molar-refractivity contribution in [3.05, 3.63) is 115 Å². The highest BCUT2D eigenvalue weighted by atomic mass is 79.9. The number of benzene rings is 7. The number of hydrogen-bond donors (Lipinski definition) is 0. The van der Waals surface area contributed by atoms with E-state index in [-0.39, 0.29) is 0 Å². The second-order valence-electron chi connectivity index (χ2n) is 26.0. The highest BCUT2D eigenvalue weighted by Gasteiger charge is 2.39. The van der Waals surface area contributed by atoms with Crippen molar-refractivity contribution in [3.8, 4) is 11.5 Å². The van der Waals surface area contributed by atoms with Crippen molar-refractivity contribution in [1.29, 1.82) is 0 Å². The SMILES string of the molecule is CCCCCCCCCCCCCCCCCCCCOc1cc(C)cc(N2C(=O)c3ccc4c5c(Br)cc6c7c(ccc(c8c(Br)cc(c3c48)C2=O)c75)C(=O)N(c2cc(C)cc(OCCCCCCCCCCCCCCCCCCCC)c2)C6=O)c1. The molecule has 0 saturated heterocycles. The summed E-state index contributed by atoms with van der Waals surface area (Å²) in [5.41, 5.74) is 4.40. The number of carbonyl (C=O) groups excluding carboxylic acids is 4. The van der Waals surface area contributed by atoms with Crippen molar-refractivity contribution >= 4 is 110 Å². The minimum atomic E-state index is -0.413. The van der Waals surface area contributed by atoms with Gasteiger partial charge in [0.2, 0.25) is 0 Å². The molecule has 10 heteroatoms. The highest BCUT2D eigenvalue weighted by molar-refractivity contribution is 9.11. The summed E-state index contributed by atoms with van der Waals surface area (Å²) in [6, 6.07) is 22.5. The molecule has 4 amide bonds. The Balaban J connectivity index is 0.790. The lowest BCUT2D eigenvalue weighted by Gasteiger charge is -2.31. The minimum Gasteiger partial charge on any atom is -0.494 e. The summed E-state index contributed by atoms with van der Waals surface area (Å²) in [6.07, 6.45) is 47.7. The number of fused-ring (bicyclic) bond motifs is 2. The monoisotopic (exact) mass is 1320 g/mol. The molecule has 88 heavy (non-hydrogen) atoms. The molecule has 0 bridgehead atoms. The second-order valence-corrected chi connectivity index (χ2v) is 27.7. The van der Waals surface area contributed by atoms with Gasteiger partial charge >= 0.3 is 0 Å². The number of halogens is 2. The zero-order chi connectivity index (χ0) is 61.8. The summed E-state index contributed by atoms with van der Waals surface area (Å²) >= 11 is 7.82. The minimum absolute atomic E-state index is 0.404. The fourth-order valence-corrected chi connectivity index (χ4v) is 15.4. The molecule has 2 aliphatic rings. The molecule has 9 rings (SSSR count). The fraction of sp³-hybridized carbons (Fsp3) is 0.538. The number of imide groups is 2. The van der Waals surface area contributed by atoms with Crippen molar-refractivity contribution in [2.75, 3.05) is 23.0 Å². The predicted octanol–water partition coefficient (Wildman–Crippen LogP) is 24.3. The number of hydrogen-bond acceptors (Lipinski definition) is 6. The van der Waals surface area contributed by atoms with Crippen LogP contribution in [0.15, 0.2) is 81.7 Å². The smallest absolute Gasteiger partial charge is 0.266 e. The first-order valence-corrected chi connectivity index (χ1v) is 36.5. The molecular formula is C78H100Br2N2O6. The maximum absolute atomic E-state index is 14.9. The number of amides is 4. The van der Waals surface area contributed by atoms with Gasteiger partial charge in [-0.3, -0.25) is 19.2 Å². The molecule has 0 saturated carbocycles. The third kappa shape index (κ3) is 16.8. The summed E-state index contributed by atoms with van der Waals surface area (Å²) in [5.74, 6) is -0.356. The normalized spacial score (nSPS) is 13.3. The number of aryl methyl sites for hydroxylation is 2.